The number of carbonyl (C=O) groups is 3. The highest BCUT2D eigenvalue weighted by molar-refractivity contribution is 5.70. The first-order chi connectivity index (χ1) is 40.6. The second-order valence-electron chi connectivity index (χ2n) is 25.5. The van der Waals surface area contributed by atoms with Crippen molar-refractivity contribution < 1.29 is 42.9 Å². The summed E-state index contributed by atoms with van der Waals surface area (Å²) < 4.78 is 22.8. The lowest BCUT2D eigenvalue weighted by atomic mass is 10.0. The van der Waals surface area contributed by atoms with Gasteiger partial charge in [-0.25, -0.2) is 0 Å². The zero-order valence-electron chi connectivity index (χ0n) is 55.6. The Bertz CT molecular complexity index is 1500. The summed E-state index contributed by atoms with van der Waals surface area (Å²) in [5.74, 6) is -2.26. The Balaban J connectivity index is 4.06. The van der Waals surface area contributed by atoms with Gasteiger partial charge in [-0.2, -0.15) is 0 Å². The highest BCUT2D eigenvalue weighted by Gasteiger charge is 2.22. The molecule has 0 aromatic carbocycles. The van der Waals surface area contributed by atoms with E-state index in [1.807, 2.05) is 21.1 Å². The van der Waals surface area contributed by atoms with Crippen molar-refractivity contribution in [3.05, 3.63) is 48.6 Å². The van der Waals surface area contributed by atoms with Crippen molar-refractivity contribution in [2.45, 2.75) is 360 Å². The number of allylic oxidation sites excluding steroid dienone is 8. The number of carboxylic acids is 1. The predicted molar refractivity (Wildman–Crippen MR) is 352 cm³/mol. The average Bonchev–Trinajstić information content (AvgIpc) is 3.46. The van der Waals surface area contributed by atoms with Crippen LogP contribution in [0.15, 0.2) is 48.6 Å². The van der Waals surface area contributed by atoms with E-state index in [2.05, 4.69) is 62.5 Å². The Kier molecular flexibility index (Phi) is 63.1. The number of ether oxygens (including phenoxy) is 4. The van der Waals surface area contributed by atoms with E-state index in [9.17, 15) is 19.5 Å². The molecular weight excluding hydrogens is 1030 g/mol. The normalized spacial score (nSPS) is 12.9. The number of aliphatic carboxylic acids is 1. The van der Waals surface area contributed by atoms with Crippen LogP contribution >= 0.6 is 0 Å². The van der Waals surface area contributed by atoms with E-state index >= 15 is 0 Å². The molecule has 0 saturated heterocycles. The summed E-state index contributed by atoms with van der Waals surface area (Å²) in [4.78, 5) is 37.5. The molecule has 0 spiro atoms. The van der Waals surface area contributed by atoms with Crippen LogP contribution in [0.2, 0.25) is 0 Å². The van der Waals surface area contributed by atoms with Gasteiger partial charge >= 0.3 is 11.9 Å². The minimum Gasteiger partial charge on any atom is -0.545 e. The van der Waals surface area contributed by atoms with Crippen molar-refractivity contribution in [3.63, 3.8) is 0 Å². The molecule has 0 N–H and O–H groups in total. The molecule has 0 aliphatic rings. The third-order valence-electron chi connectivity index (χ3n) is 16.1. The van der Waals surface area contributed by atoms with Gasteiger partial charge in [0.25, 0.3) is 0 Å². The second kappa shape index (κ2) is 65.2. The maximum absolute atomic E-state index is 12.9. The van der Waals surface area contributed by atoms with Crippen LogP contribution in [-0.4, -0.2) is 82.3 Å². The summed E-state index contributed by atoms with van der Waals surface area (Å²) in [5, 5.41) is 11.8. The van der Waals surface area contributed by atoms with Gasteiger partial charge in [0.05, 0.1) is 40.3 Å². The molecule has 2 atom stereocenters. The molecule has 0 aromatic rings. The SMILES string of the molecule is CC/C=C\C/C=C\C/C=C\C/C=C\CCCCCCCCCCCCCCCCCCC(=O)OC(COC(=O)CCCCCCCCCCCCCCCCCCCCCCCCCCCCCCC)COC(OCC[N+](C)(C)C)C(=O)[O-]. The largest absolute Gasteiger partial charge is 0.545 e. The van der Waals surface area contributed by atoms with E-state index in [4.69, 9.17) is 18.9 Å². The smallest absolute Gasteiger partial charge is 0.306 e. The quantitative estimate of drug-likeness (QED) is 0.0195. The van der Waals surface area contributed by atoms with Crippen molar-refractivity contribution in [2.24, 2.45) is 0 Å². The van der Waals surface area contributed by atoms with Gasteiger partial charge in [0.1, 0.15) is 13.2 Å². The Morgan fingerprint density at radius 3 is 1.02 bits per heavy atom. The summed E-state index contributed by atoms with van der Waals surface area (Å²) in [6.07, 6.45) is 80.6. The van der Waals surface area contributed by atoms with Crippen LogP contribution in [0.4, 0.5) is 0 Å². The summed E-state index contributed by atoms with van der Waals surface area (Å²) in [6.45, 7) is 4.70. The van der Waals surface area contributed by atoms with Crippen LogP contribution in [0.3, 0.4) is 0 Å². The number of esters is 2. The summed E-state index contributed by atoms with van der Waals surface area (Å²) in [6, 6.07) is 0. The predicted octanol–water partition coefficient (Wildman–Crippen LogP) is 20.8. The molecule has 83 heavy (non-hydrogen) atoms. The number of likely N-dealkylation sites (N-methyl/N-ethyl adjacent to an activating group) is 1. The average molecular weight is 1170 g/mol. The highest BCUT2D eigenvalue weighted by Crippen LogP contribution is 2.19. The first-order valence-electron chi connectivity index (χ1n) is 35.8. The summed E-state index contributed by atoms with van der Waals surface area (Å²) >= 11 is 0. The molecule has 0 rings (SSSR count). The highest BCUT2D eigenvalue weighted by atomic mass is 16.7. The topological polar surface area (TPSA) is 111 Å². The molecule has 9 heteroatoms. The van der Waals surface area contributed by atoms with E-state index in [1.54, 1.807) is 0 Å². The molecule has 0 fully saturated rings. The van der Waals surface area contributed by atoms with Gasteiger partial charge in [-0.15, -0.1) is 0 Å². The first kappa shape index (κ1) is 80.2. The molecular formula is C74H137NO8. The number of quaternary nitrogens is 1. The number of carbonyl (C=O) groups excluding carboxylic acids is 3. The van der Waals surface area contributed by atoms with Crippen molar-refractivity contribution >= 4 is 17.9 Å². The van der Waals surface area contributed by atoms with Gasteiger partial charge in [-0.05, 0) is 51.4 Å². The fraction of sp³-hybridized carbons (Fsp3) is 0.851. The van der Waals surface area contributed by atoms with Crippen LogP contribution in [0.1, 0.15) is 348 Å². The lowest BCUT2D eigenvalue weighted by Gasteiger charge is -2.26. The Hall–Kier alpha value is -2.75. The molecule has 9 nitrogen and oxygen atoms in total. The number of unbranched alkanes of at least 4 members (excludes halogenated alkanes) is 44. The molecule has 486 valence electrons. The lowest BCUT2D eigenvalue weighted by molar-refractivity contribution is -0.870. The maximum atomic E-state index is 12.9. The minimum absolute atomic E-state index is 0.150. The van der Waals surface area contributed by atoms with Gasteiger partial charge in [0, 0.05) is 12.8 Å². The molecule has 0 saturated carbocycles. The maximum Gasteiger partial charge on any atom is 0.306 e. The lowest BCUT2D eigenvalue weighted by Crippen LogP contribution is -2.44. The van der Waals surface area contributed by atoms with E-state index in [0.717, 1.165) is 57.8 Å². The third-order valence-corrected chi connectivity index (χ3v) is 16.1. The molecule has 0 aliphatic heterocycles. The molecule has 0 radical (unpaired) electrons. The third kappa shape index (κ3) is 66.6. The van der Waals surface area contributed by atoms with E-state index in [0.29, 0.717) is 23.9 Å². The molecule has 0 aromatic heterocycles. The Morgan fingerprint density at radius 2 is 0.687 bits per heavy atom. The molecule has 0 heterocycles. The van der Waals surface area contributed by atoms with Crippen LogP contribution in [-0.2, 0) is 33.3 Å². The number of hydrogen-bond donors (Lipinski definition) is 0. The number of carboxylic acid groups (broad SMARTS) is 1. The van der Waals surface area contributed by atoms with Crippen LogP contribution in [0.5, 0.6) is 0 Å². The fourth-order valence-corrected chi connectivity index (χ4v) is 10.7. The van der Waals surface area contributed by atoms with Crippen molar-refractivity contribution in [2.75, 3.05) is 47.5 Å². The van der Waals surface area contributed by atoms with Crippen molar-refractivity contribution in [1.29, 1.82) is 0 Å². The van der Waals surface area contributed by atoms with Crippen LogP contribution in [0.25, 0.3) is 0 Å². The minimum atomic E-state index is -1.62. The standard InChI is InChI=1S/C74H137NO8/c1-6-8-10-12-14-16-18-20-22-24-26-28-30-32-34-36-38-40-42-44-46-48-50-52-54-56-58-60-62-64-71(76)81-68-70(69-82-74(73(78)79)80-67-66-75(3,4)5)83-72(77)65-63-61-59-57-55-53-51-49-47-45-43-41-39-37-35-33-31-29-27-25-23-21-19-17-15-13-11-9-7-2/h9,11,15,17,21,23,27,29,70,74H,6-8,10,12-14,16,18-20,22,24-26,28,30-69H2,1-5H3/b11-9-,17-15-,23-21-,29-27-. The summed E-state index contributed by atoms with van der Waals surface area (Å²) in [5.41, 5.74) is 0. The number of hydrogen-bond acceptors (Lipinski definition) is 8. The van der Waals surface area contributed by atoms with Gasteiger partial charge in [-0.1, -0.05) is 332 Å². The monoisotopic (exact) mass is 1170 g/mol. The number of nitrogens with zero attached hydrogens (tertiary/aromatic N) is 1. The first-order valence-corrected chi connectivity index (χ1v) is 35.8. The van der Waals surface area contributed by atoms with E-state index in [-0.39, 0.29) is 32.2 Å². The number of rotatable bonds is 67. The molecule has 0 amide bonds. The fourth-order valence-electron chi connectivity index (χ4n) is 10.7. The van der Waals surface area contributed by atoms with Gasteiger partial charge < -0.3 is 33.3 Å². The van der Waals surface area contributed by atoms with Gasteiger partial charge in [0.2, 0.25) is 0 Å². The van der Waals surface area contributed by atoms with Crippen molar-refractivity contribution in [3.8, 4) is 0 Å². The molecule has 2 unspecified atom stereocenters. The van der Waals surface area contributed by atoms with E-state index < -0.39 is 24.3 Å². The zero-order valence-corrected chi connectivity index (χ0v) is 55.6. The van der Waals surface area contributed by atoms with Crippen molar-refractivity contribution in [1.82, 2.24) is 0 Å². The molecule has 0 bridgehead atoms. The summed E-state index contributed by atoms with van der Waals surface area (Å²) in [7, 11) is 5.94. The second-order valence-corrected chi connectivity index (χ2v) is 25.5. The zero-order chi connectivity index (χ0) is 60.5. The molecule has 0 aliphatic carbocycles. The van der Waals surface area contributed by atoms with Crippen LogP contribution in [0, 0.1) is 0 Å². The van der Waals surface area contributed by atoms with Crippen LogP contribution < -0.4 is 5.11 Å². The van der Waals surface area contributed by atoms with E-state index in [1.165, 1.54) is 257 Å². The van der Waals surface area contributed by atoms with Gasteiger partial charge in [0.15, 0.2) is 12.4 Å². The van der Waals surface area contributed by atoms with Gasteiger partial charge in [-0.3, -0.25) is 9.59 Å². The Morgan fingerprint density at radius 1 is 0.373 bits per heavy atom. The Labute approximate surface area is 514 Å².